The van der Waals surface area contributed by atoms with Gasteiger partial charge in [-0.25, -0.2) is 0 Å². The Labute approximate surface area is 74.5 Å². The van der Waals surface area contributed by atoms with E-state index in [0.29, 0.717) is 5.41 Å². The van der Waals surface area contributed by atoms with Crippen LogP contribution in [0.1, 0.15) is 32.1 Å². The number of hydrogen-bond donors (Lipinski definition) is 1. The fourth-order valence-electron chi connectivity index (χ4n) is 2.54. The van der Waals surface area contributed by atoms with Gasteiger partial charge in [0.25, 0.3) is 0 Å². The Hall–Kier alpha value is -0.0800. The highest BCUT2D eigenvalue weighted by Gasteiger charge is 2.39. The zero-order valence-electron chi connectivity index (χ0n) is 7.72. The summed E-state index contributed by atoms with van der Waals surface area (Å²) in [5.74, 6) is 0.956. The lowest BCUT2D eigenvalue weighted by molar-refractivity contribution is -0.118. The summed E-state index contributed by atoms with van der Waals surface area (Å²) in [7, 11) is 0. The summed E-state index contributed by atoms with van der Waals surface area (Å²) in [5.41, 5.74) is 6.15. The zero-order valence-corrected chi connectivity index (χ0v) is 7.72. The molecule has 12 heavy (non-hydrogen) atoms. The molecule has 0 aromatic rings. The lowest BCUT2D eigenvalue weighted by Crippen LogP contribution is -2.49. The van der Waals surface area contributed by atoms with Crippen LogP contribution in [0.5, 0.6) is 0 Å². The molecule has 0 bridgehead atoms. The molecule has 1 aliphatic carbocycles. The molecule has 2 fully saturated rings. The monoisotopic (exact) mass is 169 g/mol. The van der Waals surface area contributed by atoms with E-state index in [4.69, 9.17) is 10.5 Å². The third kappa shape index (κ3) is 1.50. The number of rotatable bonds is 3. The fraction of sp³-hybridized carbons (Fsp3) is 1.00. The predicted molar refractivity (Wildman–Crippen MR) is 48.9 cm³/mol. The van der Waals surface area contributed by atoms with Gasteiger partial charge in [-0.1, -0.05) is 25.7 Å². The Bertz CT molecular complexity index is 142. The van der Waals surface area contributed by atoms with Crippen LogP contribution >= 0.6 is 0 Å². The lowest BCUT2D eigenvalue weighted by atomic mass is 9.77. The van der Waals surface area contributed by atoms with Gasteiger partial charge < -0.3 is 10.5 Å². The minimum Gasteiger partial charge on any atom is -0.380 e. The van der Waals surface area contributed by atoms with E-state index in [1.807, 2.05) is 0 Å². The van der Waals surface area contributed by atoms with E-state index in [2.05, 4.69) is 0 Å². The molecule has 1 saturated carbocycles. The molecule has 70 valence electrons. The predicted octanol–water partition coefficient (Wildman–Crippen LogP) is 1.54. The maximum atomic E-state index is 5.77. The largest absolute Gasteiger partial charge is 0.380 e. The van der Waals surface area contributed by atoms with Gasteiger partial charge in [0.05, 0.1) is 13.2 Å². The first-order valence-corrected chi connectivity index (χ1v) is 5.12. The van der Waals surface area contributed by atoms with Crippen molar-refractivity contribution in [2.45, 2.75) is 32.1 Å². The van der Waals surface area contributed by atoms with Gasteiger partial charge in [-0.3, -0.25) is 0 Å². The van der Waals surface area contributed by atoms with Crippen LogP contribution in [0.2, 0.25) is 0 Å². The first-order chi connectivity index (χ1) is 5.85. The second-order valence-electron chi connectivity index (χ2n) is 4.55. The summed E-state index contributed by atoms with van der Waals surface area (Å²) in [5, 5.41) is 0. The number of nitrogens with two attached hydrogens (primary N) is 1. The van der Waals surface area contributed by atoms with Gasteiger partial charge in [-0.05, 0) is 12.3 Å². The van der Waals surface area contributed by atoms with E-state index in [-0.39, 0.29) is 0 Å². The van der Waals surface area contributed by atoms with Gasteiger partial charge in [-0.15, -0.1) is 0 Å². The van der Waals surface area contributed by atoms with Crippen LogP contribution in [0.15, 0.2) is 0 Å². The zero-order chi connectivity index (χ0) is 8.44. The molecular weight excluding hydrogens is 150 g/mol. The number of ether oxygens (including phenoxy) is 1. The van der Waals surface area contributed by atoms with Gasteiger partial charge in [0.15, 0.2) is 0 Å². The molecule has 2 rings (SSSR count). The van der Waals surface area contributed by atoms with E-state index < -0.39 is 0 Å². The van der Waals surface area contributed by atoms with Crippen molar-refractivity contribution >= 4 is 0 Å². The van der Waals surface area contributed by atoms with Gasteiger partial charge in [0.2, 0.25) is 0 Å². The number of hydrogen-bond acceptors (Lipinski definition) is 2. The molecule has 2 aliphatic rings. The highest BCUT2D eigenvalue weighted by Crippen LogP contribution is 2.39. The normalized spacial score (nSPS) is 28.8. The molecule has 1 heterocycles. The lowest BCUT2D eigenvalue weighted by Gasteiger charge is -2.42. The third-order valence-electron chi connectivity index (χ3n) is 3.45. The Morgan fingerprint density at radius 1 is 1.25 bits per heavy atom. The van der Waals surface area contributed by atoms with Gasteiger partial charge in [0.1, 0.15) is 0 Å². The Balaban J connectivity index is 1.83. The molecule has 0 amide bonds. The van der Waals surface area contributed by atoms with E-state index in [1.54, 1.807) is 0 Å². The maximum absolute atomic E-state index is 5.77. The van der Waals surface area contributed by atoms with Crippen molar-refractivity contribution in [3.63, 3.8) is 0 Å². The molecule has 0 aromatic carbocycles. The van der Waals surface area contributed by atoms with Crippen LogP contribution < -0.4 is 5.73 Å². The Kier molecular flexibility index (Phi) is 2.37. The highest BCUT2D eigenvalue weighted by atomic mass is 16.5. The summed E-state index contributed by atoms with van der Waals surface area (Å²) in [6.45, 7) is 2.66. The van der Waals surface area contributed by atoms with Crippen molar-refractivity contribution < 1.29 is 4.74 Å². The molecule has 1 saturated heterocycles. The van der Waals surface area contributed by atoms with Crippen LogP contribution in [0.25, 0.3) is 0 Å². The van der Waals surface area contributed by atoms with Crippen molar-refractivity contribution in [2.75, 3.05) is 19.8 Å². The maximum Gasteiger partial charge on any atom is 0.0557 e. The van der Waals surface area contributed by atoms with E-state index in [0.717, 1.165) is 25.7 Å². The van der Waals surface area contributed by atoms with Crippen LogP contribution in [0.4, 0.5) is 0 Å². The minimum absolute atomic E-state index is 0.384. The van der Waals surface area contributed by atoms with Gasteiger partial charge >= 0.3 is 0 Å². The molecule has 2 nitrogen and oxygen atoms in total. The second-order valence-corrected chi connectivity index (χ2v) is 4.55. The molecular formula is C10H19NO. The second kappa shape index (κ2) is 3.35. The van der Waals surface area contributed by atoms with Crippen LogP contribution in [0.3, 0.4) is 0 Å². The Morgan fingerprint density at radius 3 is 2.33 bits per heavy atom. The molecule has 0 radical (unpaired) electrons. The quantitative estimate of drug-likeness (QED) is 0.695. The van der Waals surface area contributed by atoms with Crippen molar-refractivity contribution in [3.05, 3.63) is 0 Å². The molecule has 2 heteroatoms. The van der Waals surface area contributed by atoms with Gasteiger partial charge in [-0.2, -0.15) is 0 Å². The molecule has 0 aromatic heterocycles. The summed E-state index contributed by atoms with van der Waals surface area (Å²) >= 11 is 0. The van der Waals surface area contributed by atoms with Crippen molar-refractivity contribution in [1.82, 2.24) is 0 Å². The van der Waals surface area contributed by atoms with Crippen molar-refractivity contribution in [1.29, 1.82) is 0 Å². The van der Waals surface area contributed by atoms with E-state index in [9.17, 15) is 0 Å². The SMILES string of the molecule is NCC1(CC2CCCC2)COC1. The average Bonchev–Trinajstić information content (AvgIpc) is 2.49. The first-order valence-electron chi connectivity index (χ1n) is 5.12. The van der Waals surface area contributed by atoms with E-state index >= 15 is 0 Å². The summed E-state index contributed by atoms with van der Waals surface area (Å²) in [6.07, 6.45) is 7.06. The minimum atomic E-state index is 0.384. The molecule has 0 spiro atoms. The van der Waals surface area contributed by atoms with E-state index in [1.165, 1.54) is 32.1 Å². The Morgan fingerprint density at radius 2 is 1.92 bits per heavy atom. The summed E-state index contributed by atoms with van der Waals surface area (Å²) in [4.78, 5) is 0. The third-order valence-corrected chi connectivity index (χ3v) is 3.45. The van der Waals surface area contributed by atoms with Crippen molar-refractivity contribution in [2.24, 2.45) is 17.1 Å². The van der Waals surface area contributed by atoms with Gasteiger partial charge in [0, 0.05) is 12.0 Å². The molecule has 0 unspecified atom stereocenters. The summed E-state index contributed by atoms with van der Waals surface area (Å²) in [6, 6.07) is 0. The summed E-state index contributed by atoms with van der Waals surface area (Å²) < 4.78 is 5.26. The first kappa shape index (κ1) is 8.52. The molecule has 2 N–H and O–H groups in total. The van der Waals surface area contributed by atoms with Crippen LogP contribution in [-0.4, -0.2) is 19.8 Å². The molecule has 0 atom stereocenters. The van der Waals surface area contributed by atoms with Crippen LogP contribution in [-0.2, 0) is 4.74 Å². The standard InChI is InChI=1S/C10H19NO/c11-6-10(7-12-8-10)5-9-3-1-2-4-9/h9H,1-8,11H2. The smallest absolute Gasteiger partial charge is 0.0557 e. The highest BCUT2D eigenvalue weighted by molar-refractivity contribution is 4.89. The average molecular weight is 169 g/mol. The fourth-order valence-corrected chi connectivity index (χ4v) is 2.54. The molecule has 1 aliphatic heterocycles. The topological polar surface area (TPSA) is 35.2 Å². The van der Waals surface area contributed by atoms with Crippen molar-refractivity contribution in [3.8, 4) is 0 Å². The van der Waals surface area contributed by atoms with Crippen LogP contribution in [0, 0.1) is 11.3 Å².